The predicted molar refractivity (Wildman–Crippen MR) is 139 cm³/mol. The number of rotatable bonds is 10. The van der Waals surface area contributed by atoms with E-state index in [0.717, 1.165) is 31.5 Å². The molecule has 3 amide bonds. The van der Waals surface area contributed by atoms with E-state index < -0.39 is 12.1 Å². The lowest BCUT2D eigenvalue weighted by molar-refractivity contribution is -0.145. The molecule has 1 aliphatic heterocycles. The first-order chi connectivity index (χ1) is 17.6. The molecule has 12 heteroatoms. The smallest absolute Gasteiger partial charge is 0.319 e. The van der Waals surface area contributed by atoms with E-state index in [2.05, 4.69) is 20.9 Å². The van der Waals surface area contributed by atoms with Gasteiger partial charge in [0.2, 0.25) is 5.88 Å². The number of anilines is 1. The van der Waals surface area contributed by atoms with Crippen molar-refractivity contribution in [3.05, 3.63) is 52.1 Å². The van der Waals surface area contributed by atoms with Gasteiger partial charge in [0.1, 0.15) is 5.02 Å². The van der Waals surface area contributed by atoms with E-state index in [1.54, 1.807) is 18.2 Å². The average molecular weight is 550 g/mol. The minimum Gasteiger partial charge on any atom is -0.480 e. The van der Waals surface area contributed by atoms with Gasteiger partial charge in [0.15, 0.2) is 6.10 Å². The molecule has 2 heterocycles. The maximum absolute atomic E-state index is 12.7. The number of urea groups is 1. The van der Waals surface area contributed by atoms with Crippen LogP contribution in [0.2, 0.25) is 10.0 Å². The summed E-state index contributed by atoms with van der Waals surface area (Å²) in [5, 5.41) is 18.1. The maximum Gasteiger partial charge on any atom is 0.319 e. The molecule has 1 spiro atoms. The van der Waals surface area contributed by atoms with E-state index in [1.165, 1.54) is 12.3 Å². The highest BCUT2D eigenvalue weighted by molar-refractivity contribution is 6.35. The van der Waals surface area contributed by atoms with E-state index in [9.17, 15) is 14.4 Å². The number of amides is 3. The normalized spacial score (nSPS) is 17.3. The summed E-state index contributed by atoms with van der Waals surface area (Å²) in [6, 6.07) is 8.48. The van der Waals surface area contributed by atoms with E-state index in [1.807, 2.05) is 17.9 Å². The SMILES string of the molecule is CC[C@@H](Oc1ncc(Cl)cc1Cl)C(=O)NCc1cccc(NC(=O)NC2CC3(C2)CN(CC(=O)O)C3)c1. The lowest BCUT2D eigenvalue weighted by atomic mass is 9.60. The van der Waals surface area contributed by atoms with Crippen LogP contribution in [0.4, 0.5) is 10.5 Å². The summed E-state index contributed by atoms with van der Waals surface area (Å²) in [5.74, 6) is -0.996. The fourth-order valence-corrected chi connectivity index (χ4v) is 5.34. The van der Waals surface area contributed by atoms with Gasteiger partial charge in [-0.3, -0.25) is 14.5 Å². The van der Waals surface area contributed by atoms with Gasteiger partial charge in [0.05, 0.1) is 11.6 Å². The van der Waals surface area contributed by atoms with Crippen molar-refractivity contribution in [1.29, 1.82) is 0 Å². The summed E-state index contributed by atoms with van der Waals surface area (Å²) < 4.78 is 5.67. The topological polar surface area (TPSA) is 133 Å². The second-order valence-electron chi connectivity index (χ2n) is 9.62. The molecule has 0 radical (unpaired) electrons. The van der Waals surface area contributed by atoms with Crippen molar-refractivity contribution in [1.82, 2.24) is 20.5 Å². The van der Waals surface area contributed by atoms with Crippen LogP contribution >= 0.6 is 23.2 Å². The molecule has 1 aliphatic carbocycles. The molecular weight excluding hydrogens is 521 g/mol. The second kappa shape index (κ2) is 11.5. The second-order valence-corrected chi connectivity index (χ2v) is 10.5. The number of carboxylic acid groups (broad SMARTS) is 1. The van der Waals surface area contributed by atoms with E-state index in [4.69, 9.17) is 33.0 Å². The number of halogens is 2. The van der Waals surface area contributed by atoms with Gasteiger partial charge in [-0.2, -0.15) is 0 Å². The summed E-state index contributed by atoms with van der Waals surface area (Å²) in [7, 11) is 0. The molecule has 1 aromatic heterocycles. The number of hydrogen-bond donors (Lipinski definition) is 4. The molecule has 4 N–H and O–H groups in total. The lowest BCUT2D eigenvalue weighted by Crippen LogP contribution is -2.67. The first kappa shape index (κ1) is 27.0. The minimum absolute atomic E-state index is 0.0666. The number of hydrogen-bond acceptors (Lipinski definition) is 6. The summed E-state index contributed by atoms with van der Waals surface area (Å²) in [4.78, 5) is 41.8. The van der Waals surface area contributed by atoms with Crippen LogP contribution in [-0.2, 0) is 16.1 Å². The van der Waals surface area contributed by atoms with Crippen LogP contribution in [0.15, 0.2) is 36.5 Å². The Kier molecular flexibility index (Phi) is 8.41. The Labute approximate surface area is 224 Å². The minimum atomic E-state index is -0.816. The van der Waals surface area contributed by atoms with Crippen LogP contribution in [0.25, 0.3) is 0 Å². The number of ether oxygens (including phenoxy) is 1. The molecule has 4 rings (SSSR count). The van der Waals surface area contributed by atoms with Gasteiger partial charge < -0.3 is 25.8 Å². The van der Waals surface area contributed by atoms with E-state index in [-0.39, 0.29) is 47.4 Å². The van der Waals surface area contributed by atoms with Crippen LogP contribution in [0.5, 0.6) is 5.88 Å². The predicted octanol–water partition coefficient (Wildman–Crippen LogP) is 3.53. The first-order valence-electron chi connectivity index (χ1n) is 12.0. The van der Waals surface area contributed by atoms with Gasteiger partial charge in [-0.05, 0) is 48.4 Å². The zero-order valence-electron chi connectivity index (χ0n) is 20.3. The first-order valence-corrected chi connectivity index (χ1v) is 12.8. The molecule has 2 aromatic rings. The van der Waals surface area contributed by atoms with Crippen LogP contribution in [-0.4, -0.2) is 64.7 Å². The molecule has 0 unspecified atom stereocenters. The van der Waals surface area contributed by atoms with Crippen LogP contribution in [0.1, 0.15) is 31.7 Å². The number of aliphatic carboxylic acids is 1. The molecule has 1 saturated carbocycles. The van der Waals surface area contributed by atoms with Crippen molar-refractivity contribution >= 4 is 46.8 Å². The fraction of sp³-hybridized carbons (Fsp3) is 0.440. The zero-order chi connectivity index (χ0) is 26.6. The Balaban J connectivity index is 1.21. The number of likely N-dealkylation sites (tertiary alicyclic amines) is 1. The summed E-state index contributed by atoms with van der Waals surface area (Å²) >= 11 is 11.9. The molecule has 1 aromatic carbocycles. The molecule has 2 fully saturated rings. The third-order valence-corrected chi connectivity index (χ3v) is 6.99. The van der Waals surface area contributed by atoms with E-state index >= 15 is 0 Å². The standard InChI is InChI=1S/C25H29Cl2N5O5/c1-2-20(37-23-19(27)7-16(26)11-29-23)22(35)28-10-15-4-3-5-17(6-15)30-24(36)31-18-8-25(9-18)13-32(14-25)12-21(33)34/h3-7,11,18,20H,2,8-10,12-14H2,1H3,(H,28,35)(H,33,34)(H2,30,31,36)/t20-/m1/s1. The largest absolute Gasteiger partial charge is 0.480 e. The van der Waals surface area contributed by atoms with Gasteiger partial charge in [-0.1, -0.05) is 42.3 Å². The monoisotopic (exact) mass is 549 g/mol. The van der Waals surface area contributed by atoms with Crippen molar-refractivity contribution < 1.29 is 24.2 Å². The lowest BCUT2D eigenvalue weighted by Gasteiger charge is -2.58. The maximum atomic E-state index is 12.7. The summed E-state index contributed by atoms with van der Waals surface area (Å²) in [6.45, 7) is 3.66. The average Bonchev–Trinajstić information content (AvgIpc) is 2.79. The third-order valence-electron chi connectivity index (χ3n) is 6.51. The molecule has 1 saturated heterocycles. The quantitative estimate of drug-likeness (QED) is 0.356. The fourth-order valence-electron chi connectivity index (χ4n) is 4.91. The number of nitrogens with one attached hydrogen (secondary N) is 3. The van der Waals surface area contributed by atoms with Crippen LogP contribution in [0, 0.1) is 5.41 Å². The highest BCUT2D eigenvalue weighted by Gasteiger charge is 2.52. The van der Waals surface area contributed by atoms with Gasteiger partial charge >= 0.3 is 12.0 Å². The van der Waals surface area contributed by atoms with Crippen LogP contribution < -0.4 is 20.7 Å². The van der Waals surface area contributed by atoms with Gasteiger partial charge in [-0.25, -0.2) is 9.78 Å². The van der Waals surface area contributed by atoms with Crippen molar-refractivity contribution in [2.75, 3.05) is 25.0 Å². The molecule has 37 heavy (non-hydrogen) atoms. The molecular formula is C25H29Cl2N5O5. The molecule has 2 aliphatic rings. The Bertz CT molecular complexity index is 1170. The van der Waals surface area contributed by atoms with Crippen molar-refractivity contribution in [3.8, 4) is 5.88 Å². The molecule has 198 valence electrons. The molecule has 10 nitrogen and oxygen atoms in total. The Morgan fingerprint density at radius 3 is 2.68 bits per heavy atom. The van der Waals surface area contributed by atoms with Gasteiger partial charge in [0, 0.05) is 37.6 Å². The number of carbonyl (C=O) groups is 3. The Morgan fingerprint density at radius 2 is 2.00 bits per heavy atom. The third kappa shape index (κ3) is 7.03. The molecule has 1 atom stereocenters. The van der Waals surface area contributed by atoms with E-state index in [0.29, 0.717) is 17.1 Å². The number of pyridine rings is 1. The number of carbonyl (C=O) groups excluding carboxylic acids is 2. The number of aromatic nitrogens is 1. The number of benzene rings is 1. The van der Waals surface area contributed by atoms with Gasteiger partial charge in [0.25, 0.3) is 5.91 Å². The molecule has 0 bridgehead atoms. The Morgan fingerprint density at radius 1 is 1.24 bits per heavy atom. The number of carboxylic acids is 1. The van der Waals surface area contributed by atoms with Crippen molar-refractivity contribution in [3.63, 3.8) is 0 Å². The van der Waals surface area contributed by atoms with Crippen LogP contribution in [0.3, 0.4) is 0 Å². The summed E-state index contributed by atoms with van der Waals surface area (Å²) in [5.41, 5.74) is 1.55. The number of nitrogens with zero attached hydrogens (tertiary/aromatic N) is 2. The summed E-state index contributed by atoms with van der Waals surface area (Å²) in [6.07, 6.45) is 2.72. The van der Waals surface area contributed by atoms with Crippen molar-refractivity contribution in [2.45, 2.75) is 44.9 Å². The highest BCUT2D eigenvalue weighted by Crippen LogP contribution is 2.48. The zero-order valence-corrected chi connectivity index (χ0v) is 21.8. The van der Waals surface area contributed by atoms with Gasteiger partial charge in [-0.15, -0.1) is 0 Å². The highest BCUT2D eigenvalue weighted by atomic mass is 35.5. The Hall–Kier alpha value is -3.08. The van der Waals surface area contributed by atoms with Crippen molar-refractivity contribution in [2.24, 2.45) is 5.41 Å².